The van der Waals surface area contributed by atoms with Gasteiger partial charge < -0.3 is 9.47 Å². The summed E-state index contributed by atoms with van der Waals surface area (Å²) in [6.07, 6.45) is 0. The van der Waals surface area contributed by atoms with E-state index in [1.54, 1.807) is 53.7 Å². The van der Waals surface area contributed by atoms with Gasteiger partial charge in [0.05, 0.1) is 11.1 Å². The molecule has 0 aliphatic rings. The fourth-order valence-electron chi connectivity index (χ4n) is 2.46. The quantitative estimate of drug-likeness (QED) is 0.705. The van der Waals surface area contributed by atoms with Crippen LogP contribution in [0.5, 0.6) is 0 Å². The number of ether oxygens (including phenoxy) is 2. The molecule has 0 aromatic heterocycles. The number of benzene rings is 2. The van der Waals surface area contributed by atoms with E-state index in [2.05, 4.69) is 0 Å². The highest BCUT2D eigenvalue weighted by atomic mass is 16.6. The maximum absolute atomic E-state index is 12.9. The number of carbonyl (C=O) groups excluding carboxylic acids is 2. The molecule has 2 rings (SSSR count). The molecule has 0 spiro atoms. The van der Waals surface area contributed by atoms with Crippen molar-refractivity contribution in [1.29, 1.82) is 0 Å². The smallest absolute Gasteiger partial charge is 0.340 e. The normalized spacial score (nSPS) is 11.8. The second-order valence-corrected chi connectivity index (χ2v) is 8.10. The van der Waals surface area contributed by atoms with Gasteiger partial charge in [-0.2, -0.15) is 0 Å². The zero-order chi connectivity index (χ0) is 19.5. The third-order valence-corrected chi connectivity index (χ3v) is 3.37. The Morgan fingerprint density at radius 2 is 1.23 bits per heavy atom. The van der Waals surface area contributed by atoms with E-state index in [-0.39, 0.29) is 11.1 Å². The van der Waals surface area contributed by atoms with Crippen LogP contribution in [0.15, 0.2) is 48.5 Å². The topological polar surface area (TPSA) is 52.6 Å². The predicted molar refractivity (Wildman–Crippen MR) is 102 cm³/mol. The Morgan fingerprint density at radius 3 is 1.77 bits per heavy atom. The first-order valence-corrected chi connectivity index (χ1v) is 8.63. The second kappa shape index (κ2) is 7.32. The minimum Gasteiger partial charge on any atom is -0.456 e. The number of esters is 2. The van der Waals surface area contributed by atoms with Crippen LogP contribution >= 0.6 is 0 Å². The highest BCUT2D eigenvalue weighted by Crippen LogP contribution is 2.29. The third kappa shape index (κ3) is 5.19. The zero-order valence-corrected chi connectivity index (χ0v) is 16.3. The van der Waals surface area contributed by atoms with Crippen molar-refractivity contribution in [3.8, 4) is 11.1 Å². The Bertz CT molecular complexity index is 793. The van der Waals surface area contributed by atoms with Crippen LogP contribution in [0, 0.1) is 0 Å². The molecular weight excluding hydrogens is 328 g/mol. The molecule has 0 aliphatic heterocycles. The Balaban J connectivity index is 2.61. The fourth-order valence-corrected chi connectivity index (χ4v) is 2.46. The summed E-state index contributed by atoms with van der Waals surface area (Å²) in [5.41, 5.74) is 0.567. The number of hydrogen-bond acceptors (Lipinski definition) is 4. The largest absolute Gasteiger partial charge is 0.456 e. The first kappa shape index (κ1) is 19.7. The van der Waals surface area contributed by atoms with Gasteiger partial charge in [0.2, 0.25) is 0 Å². The van der Waals surface area contributed by atoms with E-state index in [0.717, 1.165) is 5.56 Å². The lowest BCUT2D eigenvalue weighted by Gasteiger charge is -2.23. The average molecular weight is 354 g/mol. The molecule has 0 aliphatic carbocycles. The molecule has 4 heteroatoms. The molecule has 26 heavy (non-hydrogen) atoms. The van der Waals surface area contributed by atoms with Gasteiger partial charge in [0, 0.05) is 0 Å². The van der Waals surface area contributed by atoms with Crippen LogP contribution < -0.4 is 0 Å². The molecule has 2 aromatic rings. The Morgan fingerprint density at radius 1 is 0.692 bits per heavy atom. The van der Waals surface area contributed by atoms with Gasteiger partial charge in [0.25, 0.3) is 0 Å². The van der Waals surface area contributed by atoms with Gasteiger partial charge in [-0.3, -0.25) is 0 Å². The first-order chi connectivity index (χ1) is 12.0. The van der Waals surface area contributed by atoms with Crippen molar-refractivity contribution >= 4 is 11.9 Å². The lowest BCUT2D eigenvalue weighted by molar-refractivity contribution is 0.00194. The summed E-state index contributed by atoms with van der Waals surface area (Å²) in [5, 5.41) is 0. The van der Waals surface area contributed by atoms with Crippen molar-refractivity contribution in [2.24, 2.45) is 0 Å². The number of carbonyl (C=O) groups is 2. The lowest BCUT2D eigenvalue weighted by Crippen LogP contribution is -2.28. The first-order valence-electron chi connectivity index (χ1n) is 8.63. The van der Waals surface area contributed by atoms with E-state index in [9.17, 15) is 9.59 Å². The van der Waals surface area contributed by atoms with Crippen molar-refractivity contribution < 1.29 is 19.1 Å². The Kier molecular flexibility index (Phi) is 5.55. The molecule has 0 amide bonds. The molecule has 0 radical (unpaired) electrons. The minimum atomic E-state index is -0.675. The summed E-state index contributed by atoms with van der Waals surface area (Å²) in [4.78, 5) is 25.6. The molecule has 0 heterocycles. The van der Waals surface area contributed by atoms with Gasteiger partial charge in [0.1, 0.15) is 11.2 Å². The molecule has 0 saturated heterocycles. The van der Waals surface area contributed by atoms with Crippen molar-refractivity contribution in [2.45, 2.75) is 52.7 Å². The highest BCUT2D eigenvalue weighted by Gasteiger charge is 2.28. The van der Waals surface area contributed by atoms with Crippen LogP contribution in [0.25, 0.3) is 11.1 Å². The SMILES string of the molecule is CC(C)(C)OC(=O)c1cccc(-c2ccccc2)c1C(=O)OC(C)(C)C. The van der Waals surface area contributed by atoms with Gasteiger partial charge in [0.15, 0.2) is 0 Å². The van der Waals surface area contributed by atoms with E-state index < -0.39 is 23.1 Å². The summed E-state index contributed by atoms with van der Waals surface area (Å²) in [6.45, 7) is 10.8. The van der Waals surface area contributed by atoms with Crippen molar-refractivity contribution in [3.05, 3.63) is 59.7 Å². The van der Waals surface area contributed by atoms with E-state index in [1.807, 2.05) is 36.4 Å². The van der Waals surface area contributed by atoms with Crippen LogP contribution in [0.2, 0.25) is 0 Å². The molecule has 0 fully saturated rings. The third-order valence-electron chi connectivity index (χ3n) is 3.37. The van der Waals surface area contributed by atoms with Gasteiger partial charge in [-0.05, 0) is 58.7 Å². The Labute approximate surface area is 155 Å². The van der Waals surface area contributed by atoms with E-state index in [0.29, 0.717) is 5.56 Å². The van der Waals surface area contributed by atoms with Gasteiger partial charge in [-0.1, -0.05) is 42.5 Å². The molecule has 0 N–H and O–H groups in total. The van der Waals surface area contributed by atoms with Crippen molar-refractivity contribution in [2.75, 3.05) is 0 Å². The predicted octanol–water partition coefficient (Wildman–Crippen LogP) is 5.26. The van der Waals surface area contributed by atoms with E-state index >= 15 is 0 Å². The lowest BCUT2D eigenvalue weighted by atomic mass is 9.95. The summed E-state index contributed by atoms with van der Waals surface area (Å²) < 4.78 is 11.0. The standard InChI is InChI=1S/C22H26O4/c1-21(2,3)25-19(23)17-14-10-13-16(15-11-8-7-9-12-15)18(17)20(24)26-22(4,5)6/h7-14H,1-6H3. The second-order valence-electron chi connectivity index (χ2n) is 8.10. The molecule has 138 valence electrons. The summed E-state index contributed by atoms with van der Waals surface area (Å²) in [5.74, 6) is -1.09. The van der Waals surface area contributed by atoms with Gasteiger partial charge >= 0.3 is 11.9 Å². The maximum atomic E-state index is 12.9. The summed E-state index contributed by atoms with van der Waals surface area (Å²) in [6, 6.07) is 14.6. The van der Waals surface area contributed by atoms with Crippen molar-refractivity contribution in [1.82, 2.24) is 0 Å². The highest BCUT2D eigenvalue weighted by molar-refractivity contribution is 6.08. The monoisotopic (exact) mass is 354 g/mol. The van der Waals surface area contributed by atoms with Crippen LogP contribution in [0.4, 0.5) is 0 Å². The Hall–Kier alpha value is -2.62. The summed E-state index contributed by atoms with van der Waals surface area (Å²) >= 11 is 0. The molecular formula is C22H26O4. The molecule has 0 atom stereocenters. The average Bonchev–Trinajstić information content (AvgIpc) is 2.51. The molecule has 2 aromatic carbocycles. The molecule has 4 nitrogen and oxygen atoms in total. The zero-order valence-electron chi connectivity index (χ0n) is 16.3. The molecule has 0 saturated carbocycles. The molecule has 0 unspecified atom stereocenters. The number of rotatable bonds is 3. The van der Waals surface area contributed by atoms with Crippen LogP contribution in [0.3, 0.4) is 0 Å². The number of hydrogen-bond donors (Lipinski definition) is 0. The van der Waals surface area contributed by atoms with Crippen LogP contribution in [-0.4, -0.2) is 23.1 Å². The fraction of sp³-hybridized carbons (Fsp3) is 0.364. The van der Waals surface area contributed by atoms with E-state index in [4.69, 9.17) is 9.47 Å². The van der Waals surface area contributed by atoms with Gasteiger partial charge in [-0.25, -0.2) is 9.59 Å². The minimum absolute atomic E-state index is 0.204. The van der Waals surface area contributed by atoms with Crippen LogP contribution in [0.1, 0.15) is 62.3 Å². The summed E-state index contributed by atoms with van der Waals surface area (Å²) in [7, 11) is 0. The molecule has 0 bridgehead atoms. The van der Waals surface area contributed by atoms with E-state index in [1.165, 1.54) is 0 Å². The van der Waals surface area contributed by atoms with Crippen molar-refractivity contribution in [3.63, 3.8) is 0 Å². The van der Waals surface area contributed by atoms with Gasteiger partial charge in [-0.15, -0.1) is 0 Å². The maximum Gasteiger partial charge on any atom is 0.340 e. The van der Waals surface area contributed by atoms with Crippen LogP contribution in [-0.2, 0) is 9.47 Å².